The van der Waals surface area contributed by atoms with Gasteiger partial charge in [-0.2, -0.15) is 0 Å². The van der Waals surface area contributed by atoms with Gasteiger partial charge in [-0.25, -0.2) is 0 Å². The summed E-state index contributed by atoms with van der Waals surface area (Å²) in [5, 5.41) is 0. The summed E-state index contributed by atoms with van der Waals surface area (Å²) in [4.78, 5) is 0. The first-order chi connectivity index (χ1) is 7.29. The van der Waals surface area contributed by atoms with Gasteiger partial charge < -0.3 is 4.74 Å². The molecule has 1 rings (SSSR count). The van der Waals surface area contributed by atoms with Crippen molar-refractivity contribution in [3.8, 4) is 0 Å². The van der Waals surface area contributed by atoms with Gasteiger partial charge in [-0.05, 0) is 50.3 Å². The van der Waals surface area contributed by atoms with Crippen LogP contribution in [0.3, 0.4) is 0 Å². The Balaban J connectivity index is 2.05. The van der Waals surface area contributed by atoms with Gasteiger partial charge in [0.05, 0.1) is 10.00 Å². The van der Waals surface area contributed by atoms with E-state index in [4.69, 9.17) is 4.74 Å². The average molecular weight is 334 g/mol. The normalized spacial score (nSPS) is 10.0. The van der Waals surface area contributed by atoms with Gasteiger partial charge >= 0.3 is 0 Å². The summed E-state index contributed by atoms with van der Waals surface area (Å²) in [7, 11) is 0. The highest BCUT2D eigenvalue weighted by Crippen LogP contribution is 2.14. The first-order valence-corrected chi connectivity index (χ1v) is 6.50. The highest BCUT2D eigenvalue weighted by molar-refractivity contribution is 9.28. The Bertz CT molecular complexity index is 292. The molecule has 1 aromatic rings. The molecular formula is C12H14Br2O. The third-order valence-corrected chi connectivity index (χ3v) is 2.55. The Kier molecular flexibility index (Phi) is 6.98. The summed E-state index contributed by atoms with van der Waals surface area (Å²) >= 11 is 6.63. The molecule has 82 valence electrons. The van der Waals surface area contributed by atoms with E-state index in [9.17, 15) is 0 Å². The van der Waals surface area contributed by atoms with E-state index < -0.39 is 0 Å². The van der Waals surface area contributed by atoms with Gasteiger partial charge in [0.1, 0.15) is 0 Å². The van der Waals surface area contributed by atoms with Crippen molar-refractivity contribution >= 4 is 31.9 Å². The number of hydrogen-bond donors (Lipinski definition) is 0. The summed E-state index contributed by atoms with van der Waals surface area (Å²) in [6.45, 7) is 1.51. The molecule has 0 aromatic heterocycles. The van der Waals surface area contributed by atoms with Crippen LogP contribution in [0, 0.1) is 0 Å². The molecule has 0 unspecified atom stereocenters. The molecule has 0 N–H and O–H groups in total. The van der Waals surface area contributed by atoms with Gasteiger partial charge in [0, 0.05) is 6.61 Å². The Morgan fingerprint density at radius 1 is 1.20 bits per heavy atom. The summed E-state index contributed by atoms with van der Waals surface area (Å²) in [6.07, 6.45) is 4.17. The van der Waals surface area contributed by atoms with Crippen molar-refractivity contribution in [2.75, 3.05) is 6.61 Å². The maximum absolute atomic E-state index is 5.54. The summed E-state index contributed by atoms with van der Waals surface area (Å²) in [5.41, 5.74) is 1.23. The van der Waals surface area contributed by atoms with E-state index in [1.54, 1.807) is 0 Å². The molecular weight excluding hydrogens is 320 g/mol. The van der Waals surface area contributed by atoms with Gasteiger partial charge in [-0.15, -0.1) is 0 Å². The van der Waals surface area contributed by atoms with Gasteiger partial charge in [-0.3, -0.25) is 0 Å². The van der Waals surface area contributed by atoms with E-state index in [0.717, 1.165) is 22.8 Å². The van der Waals surface area contributed by atoms with Gasteiger partial charge in [0.15, 0.2) is 0 Å². The van der Waals surface area contributed by atoms with Crippen LogP contribution in [0.5, 0.6) is 0 Å². The van der Waals surface area contributed by atoms with E-state index in [1.807, 2.05) is 18.2 Å². The molecule has 0 amide bonds. The van der Waals surface area contributed by atoms with Crippen LogP contribution in [0.4, 0.5) is 0 Å². The molecule has 1 aromatic carbocycles. The number of rotatable bonds is 6. The lowest BCUT2D eigenvalue weighted by Crippen LogP contribution is -1.94. The molecule has 0 fully saturated rings. The van der Waals surface area contributed by atoms with Crippen LogP contribution >= 0.6 is 31.9 Å². The fraction of sp³-hybridized carbons (Fsp3) is 0.333. The van der Waals surface area contributed by atoms with Gasteiger partial charge in [0.2, 0.25) is 0 Å². The van der Waals surface area contributed by atoms with E-state index in [1.165, 1.54) is 5.56 Å². The molecule has 0 bridgehead atoms. The highest BCUT2D eigenvalue weighted by atomic mass is 79.9. The van der Waals surface area contributed by atoms with E-state index in [-0.39, 0.29) is 0 Å². The van der Waals surface area contributed by atoms with Crippen LogP contribution in [0.25, 0.3) is 0 Å². The fourth-order valence-corrected chi connectivity index (χ4v) is 1.62. The van der Waals surface area contributed by atoms with Gasteiger partial charge in [0.25, 0.3) is 0 Å². The number of halogens is 2. The molecule has 0 aliphatic heterocycles. The van der Waals surface area contributed by atoms with Crippen LogP contribution in [0.15, 0.2) is 39.8 Å². The smallest absolute Gasteiger partial charge is 0.0716 e. The zero-order valence-electron chi connectivity index (χ0n) is 8.46. The predicted molar refractivity (Wildman–Crippen MR) is 71.3 cm³/mol. The van der Waals surface area contributed by atoms with Crippen molar-refractivity contribution in [3.05, 3.63) is 45.4 Å². The molecule has 0 heterocycles. The van der Waals surface area contributed by atoms with Crippen molar-refractivity contribution in [1.82, 2.24) is 0 Å². The molecule has 0 aliphatic carbocycles. The number of hydrogen-bond acceptors (Lipinski definition) is 1. The molecule has 1 nitrogen and oxygen atoms in total. The lowest BCUT2D eigenvalue weighted by atomic mass is 10.2. The fourth-order valence-electron chi connectivity index (χ4n) is 1.16. The second-order valence-electron chi connectivity index (χ2n) is 3.17. The Morgan fingerprint density at radius 2 is 1.93 bits per heavy atom. The predicted octanol–water partition coefficient (Wildman–Crippen LogP) is 4.61. The lowest BCUT2D eigenvalue weighted by molar-refractivity contribution is 0.119. The van der Waals surface area contributed by atoms with Crippen molar-refractivity contribution in [2.45, 2.75) is 19.4 Å². The zero-order valence-corrected chi connectivity index (χ0v) is 11.6. The molecule has 0 aliphatic rings. The van der Waals surface area contributed by atoms with Crippen LogP contribution < -0.4 is 0 Å². The number of allylic oxidation sites excluding steroid dienone is 1. The Hall–Kier alpha value is -0.120. The van der Waals surface area contributed by atoms with Crippen molar-refractivity contribution in [3.63, 3.8) is 0 Å². The molecule has 0 saturated heterocycles. The Morgan fingerprint density at radius 3 is 2.60 bits per heavy atom. The quantitative estimate of drug-likeness (QED) is 0.690. The monoisotopic (exact) mass is 332 g/mol. The molecule has 0 saturated carbocycles. The SMILES string of the molecule is BrC(Br)=CCCCOCc1ccccc1. The first-order valence-electron chi connectivity index (χ1n) is 4.92. The van der Waals surface area contributed by atoms with Gasteiger partial charge in [-0.1, -0.05) is 36.4 Å². The van der Waals surface area contributed by atoms with Crippen LogP contribution in [-0.4, -0.2) is 6.61 Å². The largest absolute Gasteiger partial charge is 0.377 e. The number of benzene rings is 1. The molecule has 0 radical (unpaired) electrons. The topological polar surface area (TPSA) is 9.23 Å². The van der Waals surface area contributed by atoms with E-state index in [2.05, 4.69) is 50.1 Å². The maximum Gasteiger partial charge on any atom is 0.0716 e. The third kappa shape index (κ3) is 6.88. The molecule has 15 heavy (non-hydrogen) atoms. The molecule has 0 spiro atoms. The average Bonchev–Trinajstić information content (AvgIpc) is 2.24. The second kappa shape index (κ2) is 8.08. The summed E-state index contributed by atoms with van der Waals surface area (Å²) in [5.74, 6) is 0. The van der Waals surface area contributed by atoms with Crippen LogP contribution in [0.2, 0.25) is 0 Å². The molecule has 0 atom stereocenters. The second-order valence-corrected chi connectivity index (χ2v) is 5.95. The van der Waals surface area contributed by atoms with Crippen molar-refractivity contribution in [2.24, 2.45) is 0 Å². The molecule has 3 heteroatoms. The minimum Gasteiger partial charge on any atom is -0.377 e. The standard InChI is InChI=1S/C12H14Br2O/c13-12(14)8-4-5-9-15-10-11-6-2-1-3-7-11/h1-3,6-8H,4-5,9-10H2. The minimum absolute atomic E-state index is 0.708. The first kappa shape index (κ1) is 12.9. The number of unbranched alkanes of at least 4 members (excludes halogenated alkanes) is 1. The summed E-state index contributed by atoms with van der Waals surface area (Å²) < 4.78 is 6.55. The van der Waals surface area contributed by atoms with Crippen molar-refractivity contribution < 1.29 is 4.74 Å². The van der Waals surface area contributed by atoms with Crippen LogP contribution in [0.1, 0.15) is 18.4 Å². The van der Waals surface area contributed by atoms with E-state index >= 15 is 0 Å². The minimum atomic E-state index is 0.708. The number of ether oxygens (including phenoxy) is 1. The third-order valence-electron chi connectivity index (χ3n) is 1.90. The lowest BCUT2D eigenvalue weighted by Gasteiger charge is -2.02. The van der Waals surface area contributed by atoms with Crippen LogP contribution in [-0.2, 0) is 11.3 Å². The maximum atomic E-state index is 5.54. The van der Waals surface area contributed by atoms with E-state index in [0.29, 0.717) is 6.61 Å². The Labute approximate surface area is 108 Å². The summed E-state index contributed by atoms with van der Waals surface area (Å²) in [6, 6.07) is 10.2. The highest BCUT2D eigenvalue weighted by Gasteiger charge is 1.91. The zero-order chi connectivity index (χ0) is 10.9. The van der Waals surface area contributed by atoms with Crippen molar-refractivity contribution in [1.29, 1.82) is 0 Å².